The fourth-order valence-corrected chi connectivity index (χ4v) is 2.06. The van der Waals surface area contributed by atoms with Crippen molar-refractivity contribution in [1.29, 1.82) is 0 Å². The van der Waals surface area contributed by atoms with Crippen LogP contribution >= 0.6 is 24.4 Å². The first kappa shape index (κ1) is 22.5. The van der Waals surface area contributed by atoms with E-state index < -0.39 is 10.3 Å². The van der Waals surface area contributed by atoms with Crippen molar-refractivity contribution in [3.63, 3.8) is 0 Å². The molecule has 0 heterocycles. The number of rotatable bonds is 3. The van der Waals surface area contributed by atoms with Crippen molar-refractivity contribution in [1.82, 2.24) is 0 Å². The van der Waals surface area contributed by atoms with Crippen LogP contribution < -0.4 is 21.3 Å². The van der Waals surface area contributed by atoms with Crippen LogP contribution in [0.4, 0.5) is 5.69 Å². The zero-order valence-corrected chi connectivity index (χ0v) is 17.4. The quantitative estimate of drug-likeness (QED) is 0.614. The van der Waals surface area contributed by atoms with Crippen molar-refractivity contribution >= 4 is 40.5 Å². The van der Waals surface area contributed by atoms with E-state index >= 15 is 0 Å². The van der Waals surface area contributed by atoms with E-state index in [-0.39, 0.29) is 19.5 Å². The molecular formula is C14H20N2O2S2Zn. The van der Waals surface area contributed by atoms with Gasteiger partial charge in [-0.1, -0.05) is 64.3 Å². The Bertz CT molecular complexity index is 476. The minimum atomic E-state index is -0.750. The fraction of sp³-hybridized carbons (Fsp3) is 0.429. The van der Waals surface area contributed by atoms with E-state index in [1.165, 1.54) is 11.1 Å². The first-order chi connectivity index (χ1) is 9.16. The summed E-state index contributed by atoms with van der Waals surface area (Å²) in [7, 11) is 0. The number of nitrogens with two attached hydrogens (primary N) is 1. The molecule has 0 aromatic heterocycles. The van der Waals surface area contributed by atoms with Crippen LogP contribution in [0.25, 0.3) is 0 Å². The second-order valence-corrected chi connectivity index (χ2v) is 5.62. The van der Waals surface area contributed by atoms with Gasteiger partial charge < -0.3 is 21.3 Å². The van der Waals surface area contributed by atoms with E-state index in [9.17, 15) is 5.11 Å². The Morgan fingerprint density at radius 3 is 1.90 bits per heavy atom. The molecule has 4 nitrogen and oxygen atoms in total. The Hall–Kier alpha value is -0.777. The minimum Gasteiger partial charge on any atom is -0.852 e. The van der Waals surface area contributed by atoms with E-state index in [0.717, 1.165) is 5.69 Å². The number of hydrogen-bond donors (Lipinski definition) is 2. The van der Waals surface area contributed by atoms with E-state index in [1.807, 2.05) is 12.1 Å². The molecule has 1 aromatic carbocycles. The van der Waals surface area contributed by atoms with Crippen LogP contribution in [0.5, 0.6) is 0 Å². The summed E-state index contributed by atoms with van der Waals surface area (Å²) in [5.41, 5.74) is 7.60. The second-order valence-electron chi connectivity index (χ2n) is 4.85. The van der Waals surface area contributed by atoms with Gasteiger partial charge >= 0.3 is 19.5 Å². The van der Waals surface area contributed by atoms with Gasteiger partial charge in [-0.2, -0.15) is 0 Å². The summed E-state index contributed by atoms with van der Waals surface area (Å²) in [6, 6.07) is 5.98. The summed E-state index contributed by atoms with van der Waals surface area (Å²) in [5, 5.41) is 21.6. The molecule has 0 unspecified atom stereocenters. The third-order valence-electron chi connectivity index (χ3n) is 2.58. The second kappa shape index (κ2) is 10.9. The molecule has 0 amide bonds. The van der Waals surface area contributed by atoms with Gasteiger partial charge in [0.05, 0.1) is 0 Å². The fourth-order valence-electron chi connectivity index (χ4n) is 1.95. The van der Waals surface area contributed by atoms with Crippen LogP contribution in [0, 0.1) is 0 Å². The third-order valence-corrected chi connectivity index (χ3v) is 2.68. The largest absolute Gasteiger partial charge is 2.00 e. The summed E-state index contributed by atoms with van der Waals surface area (Å²) < 4.78 is 0. The molecule has 7 heteroatoms. The molecule has 0 aliphatic heterocycles. The Kier molecular flexibility index (Phi) is 11.7. The molecule has 0 saturated carbocycles. The number of thiocarbonyl (C=S) groups is 2. The van der Waals surface area contributed by atoms with Crippen molar-refractivity contribution in [3.05, 3.63) is 29.3 Å². The third kappa shape index (κ3) is 8.96. The SMILES string of the molecule is CC(C)c1cccc(NC([O-])=S)c1C(C)C.NC([O-])=S.[Zn+2]. The van der Waals surface area contributed by atoms with Gasteiger partial charge in [0.2, 0.25) is 0 Å². The Labute approximate surface area is 149 Å². The monoisotopic (exact) mass is 376 g/mol. The van der Waals surface area contributed by atoms with Crippen molar-refractivity contribution < 1.29 is 29.7 Å². The maximum atomic E-state index is 11.0. The number of anilines is 1. The van der Waals surface area contributed by atoms with Gasteiger partial charge in [-0.05, 0) is 29.0 Å². The van der Waals surface area contributed by atoms with Crippen LogP contribution in [-0.2, 0) is 19.5 Å². The number of benzene rings is 1. The zero-order valence-electron chi connectivity index (χ0n) is 12.8. The number of hydrogen-bond acceptors (Lipinski definition) is 4. The summed E-state index contributed by atoms with van der Waals surface area (Å²) in [5.74, 6) is 0.815. The first-order valence-electron chi connectivity index (χ1n) is 6.24. The Morgan fingerprint density at radius 1 is 1.10 bits per heavy atom. The topological polar surface area (TPSA) is 84.2 Å². The van der Waals surface area contributed by atoms with Gasteiger partial charge in [0.15, 0.2) is 0 Å². The molecule has 1 rings (SSSR count). The summed E-state index contributed by atoms with van der Waals surface area (Å²) in [6.45, 7) is 8.56. The standard InChI is InChI=1S/C13H19NOS.CH3NOS.Zn/c1-8(2)10-6-5-7-11(14-13(15)16)12(10)9(3)4;2-1(3)4;/h5-9H,1-4H3,(H2,14,15,16);(H3,2,3,4);/q;;+2/p-2. The van der Waals surface area contributed by atoms with Crippen molar-refractivity contribution in [2.24, 2.45) is 5.73 Å². The summed E-state index contributed by atoms with van der Waals surface area (Å²) in [6.07, 6.45) is 0. The van der Waals surface area contributed by atoms with Crippen LogP contribution in [0.3, 0.4) is 0 Å². The molecule has 0 spiro atoms. The molecule has 0 radical (unpaired) electrons. The van der Waals surface area contributed by atoms with Crippen LogP contribution in [0.1, 0.15) is 50.7 Å². The first-order valence-corrected chi connectivity index (χ1v) is 7.05. The Morgan fingerprint density at radius 2 is 1.57 bits per heavy atom. The van der Waals surface area contributed by atoms with E-state index in [4.69, 9.17) is 5.11 Å². The van der Waals surface area contributed by atoms with E-state index in [0.29, 0.717) is 11.8 Å². The maximum absolute atomic E-state index is 11.0. The van der Waals surface area contributed by atoms with Crippen LogP contribution in [0.15, 0.2) is 18.2 Å². The minimum absolute atomic E-state index is 0. The average Bonchev–Trinajstić information content (AvgIpc) is 2.26. The molecule has 0 atom stereocenters. The smallest absolute Gasteiger partial charge is 0.852 e. The molecule has 0 saturated heterocycles. The van der Waals surface area contributed by atoms with Crippen molar-refractivity contribution in [3.8, 4) is 0 Å². The van der Waals surface area contributed by atoms with E-state index in [2.05, 4.69) is 69.2 Å². The van der Waals surface area contributed by atoms with Crippen molar-refractivity contribution in [2.75, 3.05) is 5.32 Å². The van der Waals surface area contributed by atoms with Gasteiger partial charge in [-0.25, -0.2) is 0 Å². The van der Waals surface area contributed by atoms with Crippen molar-refractivity contribution in [2.45, 2.75) is 39.5 Å². The summed E-state index contributed by atoms with van der Waals surface area (Å²) >= 11 is 8.33. The molecule has 3 N–H and O–H groups in total. The predicted octanol–water partition coefficient (Wildman–Crippen LogP) is 1.58. The molecule has 0 bridgehead atoms. The van der Waals surface area contributed by atoms with Crippen LogP contribution in [0.2, 0.25) is 0 Å². The maximum Gasteiger partial charge on any atom is 2.00 e. The van der Waals surface area contributed by atoms with Gasteiger partial charge in [0.25, 0.3) is 0 Å². The normalized spacial score (nSPS) is 9.43. The van der Waals surface area contributed by atoms with Gasteiger partial charge in [0.1, 0.15) is 0 Å². The molecule has 21 heavy (non-hydrogen) atoms. The van der Waals surface area contributed by atoms with Gasteiger partial charge in [-0.3, -0.25) is 0 Å². The van der Waals surface area contributed by atoms with E-state index in [1.54, 1.807) is 0 Å². The Balaban J connectivity index is 0. The zero-order chi connectivity index (χ0) is 15.9. The van der Waals surface area contributed by atoms with Crippen LogP contribution in [-0.4, -0.2) is 10.3 Å². The molecule has 0 fully saturated rings. The molecule has 0 aliphatic carbocycles. The summed E-state index contributed by atoms with van der Waals surface area (Å²) in [4.78, 5) is 0. The average molecular weight is 378 g/mol. The molecule has 112 valence electrons. The van der Waals surface area contributed by atoms with Gasteiger partial charge in [0, 0.05) is 16.0 Å². The predicted molar refractivity (Wildman–Crippen MR) is 87.6 cm³/mol. The van der Waals surface area contributed by atoms with Gasteiger partial charge in [-0.15, -0.1) is 0 Å². The molecule has 1 aromatic rings. The molecular weight excluding hydrogens is 358 g/mol. The number of nitrogens with one attached hydrogen (secondary N) is 1. The molecule has 0 aliphatic rings.